The van der Waals surface area contributed by atoms with E-state index in [0.717, 1.165) is 25.7 Å². The van der Waals surface area contributed by atoms with Crippen molar-refractivity contribution in [3.63, 3.8) is 0 Å². The highest BCUT2D eigenvalue weighted by Gasteiger charge is 2.48. The van der Waals surface area contributed by atoms with Gasteiger partial charge in [0.1, 0.15) is 23.1 Å². The quantitative estimate of drug-likeness (QED) is 0.360. The van der Waals surface area contributed by atoms with Crippen LogP contribution in [0.25, 0.3) is 0 Å². The van der Waals surface area contributed by atoms with E-state index in [4.69, 9.17) is 0 Å². The van der Waals surface area contributed by atoms with E-state index in [-0.39, 0.29) is 38.4 Å². The highest BCUT2D eigenvalue weighted by atomic mass is 16.1. The van der Waals surface area contributed by atoms with Crippen molar-refractivity contribution in [3.05, 3.63) is 0 Å². The number of hydrogen-bond acceptors (Lipinski definition) is 4. The van der Waals surface area contributed by atoms with Gasteiger partial charge in [0.05, 0.1) is 0 Å². The summed E-state index contributed by atoms with van der Waals surface area (Å²) in [5, 5.41) is 0. The number of rotatable bonds is 3. The van der Waals surface area contributed by atoms with Gasteiger partial charge in [0.15, 0.2) is 0 Å². The summed E-state index contributed by atoms with van der Waals surface area (Å²) in [4.78, 5) is 45.4. The summed E-state index contributed by atoms with van der Waals surface area (Å²) in [6, 6.07) is 0. The molecule has 0 aliphatic heterocycles. The zero-order chi connectivity index (χ0) is 31.3. The smallest absolute Gasteiger partial charge is 0.144 e. The molecule has 0 aromatic heterocycles. The summed E-state index contributed by atoms with van der Waals surface area (Å²) in [5.74, 6) is 2.13. The van der Waals surface area contributed by atoms with Crippen molar-refractivity contribution in [1.29, 1.82) is 0 Å². The van der Waals surface area contributed by atoms with Gasteiger partial charge in [-0.05, 0) is 25.7 Å². The molecule has 0 aromatic carbocycles. The van der Waals surface area contributed by atoms with Crippen molar-refractivity contribution in [3.8, 4) is 0 Å². The van der Waals surface area contributed by atoms with Gasteiger partial charge in [0, 0.05) is 44.3 Å². The Morgan fingerprint density at radius 1 is 0.579 bits per heavy atom. The molecule has 0 atom stereocenters. The van der Waals surface area contributed by atoms with Crippen LogP contribution in [0, 0.1) is 44.3 Å². The molecule has 0 amide bonds. The lowest BCUT2D eigenvalue weighted by molar-refractivity contribution is -0.134. The molecule has 2 fully saturated rings. The Kier molecular flexibility index (Phi) is 13.6. The molecule has 224 valence electrons. The van der Waals surface area contributed by atoms with Crippen LogP contribution in [0.15, 0.2) is 0 Å². The first-order valence-corrected chi connectivity index (χ1v) is 14.6. The van der Waals surface area contributed by atoms with E-state index in [2.05, 4.69) is 6.92 Å². The van der Waals surface area contributed by atoms with Crippen molar-refractivity contribution < 1.29 is 19.2 Å². The van der Waals surface area contributed by atoms with Gasteiger partial charge in [0.2, 0.25) is 0 Å². The van der Waals surface area contributed by atoms with Gasteiger partial charge >= 0.3 is 0 Å². The Bertz CT molecular complexity index is 724. The molecule has 0 heterocycles. The predicted octanol–water partition coefficient (Wildman–Crippen LogP) is 9.32. The van der Waals surface area contributed by atoms with Crippen LogP contribution in [0.5, 0.6) is 0 Å². The first kappa shape index (κ1) is 38.8. The summed E-state index contributed by atoms with van der Waals surface area (Å²) in [6.07, 6.45) is 4.47. The third-order valence-corrected chi connectivity index (χ3v) is 6.54. The largest absolute Gasteiger partial charge is 0.299 e. The van der Waals surface area contributed by atoms with E-state index in [1.165, 1.54) is 0 Å². The molecule has 2 aliphatic rings. The van der Waals surface area contributed by atoms with E-state index in [1.54, 1.807) is 0 Å². The average Bonchev–Trinajstić information content (AvgIpc) is 3.60. The van der Waals surface area contributed by atoms with Gasteiger partial charge in [-0.2, -0.15) is 0 Å². The summed E-state index contributed by atoms with van der Waals surface area (Å²) < 4.78 is 0. The Balaban J connectivity index is 0. The molecule has 0 bridgehead atoms. The lowest BCUT2D eigenvalue weighted by Gasteiger charge is -2.26. The van der Waals surface area contributed by atoms with Crippen molar-refractivity contribution in [1.82, 2.24) is 0 Å². The number of Topliss-reactive ketones (excluding diaryl/α,β-unsaturated/α-hetero) is 4. The molecule has 0 unspecified atom stereocenters. The second-order valence-electron chi connectivity index (χ2n) is 17.1. The number of hydrogen-bond donors (Lipinski definition) is 0. The van der Waals surface area contributed by atoms with Gasteiger partial charge < -0.3 is 0 Å². The number of ketones is 4. The standard InChI is InChI=1S/C9H16O.C9H18O.C8H14O.C8H16O/c1-8(2,3)7(10)9(4)5-6-9;1-8(2,3)7(10)9(4,5)6;1-8(2,3)7(9)6-4-5-6;1-6(2)7(9)8(3,4)5/h5-6H2,1-4H3;1-6H3;6H,4-5H2,1-3H3;6H,1-5H3. The van der Waals surface area contributed by atoms with Crippen molar-refractivity contribution in [2.24, 2.45) is 44.3 Å². The fourth-order valence-corrected chi connectivity index (χ4v) is 4.27. The second-order valence-corrected chi connectivity index (χ2v) is 17.1. The number of carbonyl (C=O) groups is 4. The van der Waals surface area contributed by atoms with E-state index in [9.17, 15) is 19.2 Å². The van der Waals surface area contributed by atoms with Crippen LogP contribution in [0.2, 0.25) is 0 Å². The van der Waals surface area contributed by atoms with Crippen LogP contribution < -0.4 is 0 Å². The van der Waals surface area contributed by atoms with Crippen LogP contribution >= 0.6 is 0 Å². The van der Waals surface area contributed by atoms with Gasteiger partial charge in [0.25, 0.3) is 0 Å². The summed E-state index contributed by atoms with van der Waals surface area (Å²) in [6.45, 7) is 35.5. The van der Waals surface area contributed by atoms with Gasteiger partial charge in [-0.15, -0.1) is 0 Å². The minimum absolute atomic E-state index is 0.0538. The van der Waals surface area contributed by atoms with E-state index in [0.29, 0.717) is 29.1 Å². The minimum atomic E-state index is -0.196. The topological polar surface area (TPSA) is 68.3 Å². The molecule has 0 spiro atoms. The molecule has 38 heavy (non-hydrogen) atoms. The SMILES string of the molecule is CC(C)(C)C(=O)C(C)(C)C.CC(C)(C)C(=O)C1(C)CC1.CC(C)(C)C(=O)C1CC1.CC(C)C(=O)C(C)(C)C. The maximum atomic E-state index is 11.5. The number of carbonyl (C=O) groups excluding carboxylic acids is 4. The first-order chi connectivity index (χ1) is 16.4. The third-order valence-electron chi connectivity index (χ3n) is 6.54. The zero-order valence-corrected chi connectivity index (χ0v) is 28.6. The molecule has 0 saturated heterocycles. The molecule has 4 nitrogen and oxygen atoms in total. The van der Waals surface area contributed by atoms with Crippen molar-refractivity contribution >= 4 is 23.1 Å². The molecular formula is C34H64O4. The van der Waals surface area contributed by atoms with Crippen molar-refractivity contribution in [2.45, 2.75) is 150 Å². The molecule has 0 radical (unpaired) electrons. The molecule has 2 saturated carbocycles. The average molecular weight is 537 g/mol. The predicted molar refractivity (Wildman–Crippen MR) is 162 cm³/mol. The molecular weight excluding hydrogens is 472 g/mol. The van der Waals surface area contributed by atoms with Crippen LogP contribution in [-0.2, 0) is 19.2 Å². The molecule has 4 heteroatoms. The molecule has 2 rings (SSSR count). The second kappa shape index (κ2) is 13.4. The Hall–Kier alpha value is -1.32. The zero-order valence-electron chi connectivity index (χ0n) is 28.6. The summed E-state index contributed by atoms with van der Waals surface area (Å²) in [7, 11) is 0. The van der Waals surface area contributed by atoms with Gasteiger partial charge in [-0.25, -0.2) is 0 Å². The Morgan fingerprint density at radius 2 is 0.921 bits per heavy atom. The fourth-order valence-electron chi connectivity index (χ4n) is 4.27. The van der Waals surface area contributed by atoms with Crippen LogP contribution in [0.4, 0.5) is 0 Å². The maximum absolute atomic E-state index is 11.5. The molecule has 2 aliphatic carbocycles. The van der Waals surface area contributed by atoms with Crippen molar-refractivity contribution in [2.75, 3.05) is 0 Å². The molecule has 0 N–H and O–H groups in total. The lowest BCUT2D eigenvalue weighted by Crippen LogP contribution is -2.32. The van der Waals surface area contributed by atoms with Gasteiger partial charge in [-0.1, -0.05) is 125 Å². The normalized spacial score (nSPS) is 17.0. The van der Waals surface area contributed by atoms with Crippen LogP contribution in [0.3, 0.4) is 0 Å². The van der Waals surface area contributed by atoms with Crippen LogP contribution in [-0.4, -0.2) is 23.1 Å². The van der Waals surface area contributed by atoms with E-state index >= 15 is 0 Å². The summed E-state index contributed by atoms with van der Waals surface area (Å²) in [5.41, 5.74) is -0.727. The maximum Gasteiger partial charge on any atom is 0.144 e. The fraction of sp³-hybridized carbons (Fsp3) is 0.882. The Morgan fingerprint density at radius 3 is 0.974 bits per heavy atom. The minimum Gasteiger partial charge on any atom is -0.299 e. The van der Waals surface area contributed by atoms with E-state index < -0.39 is 0 Å². The highest BCUT2D eigenvalue weighted by Crippen LogP contribution is 2.49. The third kappa shape index (κ3) is 15.3. The summed E-state index contributed by atoms with van der Waals surface area (Å²) >= 11 is 0. The highest BCUT2D eigenvalue weighted by molar-refractivity contribution is 5.91. The molecule has 0 aromatic rings. The van der Waals surface area contributed by atoms with Crippen LogP contribution in [0.1, 0.15) is 150 Å². The lowest BCUT2D eigenvalue weighted by atomic mass is 9.76. The van der Waals surface area contributed by atoms with E-state index in [1.807, 2.05) is 118 Å². The Labute approximate surface area is 236 Å². The van der Waals surface area contributed by atoms with Gasteiger partial charge in [-0.3, -0.25) is 19.2 Å². The first-order valence-electron chi connectivity index (χ1n) is 14.6. The monoisotopic (exact) mass is 536 g/mol.